The molecular formula is C25H31F2N5O3. The van der Waals surface area contributed by atoms with Crippen molar-refractivity contribution in [2.45, 2.75) is 58.7 Å². The van der Waals surface area contributed by atoms with Gasteiger partial charge in [0.2, 0.25) is 11.8 Å². The second-order valence-corrected chi connectivity index (χ2v) is 8.75. The lowest BCUT2D eigenvalue weighted by molar-refractivity contribution is -0.130. The molecule has 2 heterocycles. The summed E-state index contributed by atoms with van der Waals surface area (Å²) < 4.78 is 28.3. The molecule has 0 unspecified atom stereocenters. The van der Waals surface area contributed by atoms with Crippen LogP contribution in [0.2, 0.25) is 0 Å². The topological polar surface area (TPSA) is 103 Å². The number of carbonyl (C=O) groups is 3. The molecule has 1 aliphatic rings. The van der Waals surface area contributed by atoms with Gasteiger partial charge in [-0.15, -0.1) is 0 Å². The number of likely N-dealkylation sites (N-methyl/N-ethyl adjacent to an activating group) is 1. The van der Waals surface area contributed by atoms with Gasteiger partial charge in [0.05, 0.1) is 6.04 Å². The van der Waals surface area contributed by atoms with Crippen LogP contribution in [0.4, 0.5) is 20.3 Å². The monoisotopic (exact) mass is 487 g/mol. The molecule has 35 heavy (non-hydrogen) atoms. The Balaban J connectivity index is 1.92. The highest BCUT2D eigenvalue weighted by molar-refractivity contribution is 6.09. The first kappa shape index (κ1) is 26.2. The molecule has 3 amide bonds. The summed E-state index contributed by atoms with van der Waals surface area (Å²) >= 11 is 0. The SMILES string of the molecule is CCN[C@@H](CC)C(=O)N[C@H](C(=O)N1c2ncccc2C[C@H]1C(=O)Nc1c(F)cccc1F)C(C)C. The molecule has 0 aliphatic carbocycles. The molecule has 3 atom stereocenters. The molecule has 188 valence electrons. The van der Waals surface area contributed by atoms with Crippen molar-refractivity contribution >= 4 is 29.2 Å². The molecule has 0 saturated heterocycles. The van der Waals surface area contributed by atoms with Crippen LogP contribution in [-0.4, -0.2) is 47.4 Å². The van der Waals surface area contributed by atoms with Crippen LogP contribution in [0.1, 0.15) is 39.7 Å². The molecule has 10 heteroatoms. The van der Waals surface area contributed by atoms with Gasteiger partial charge in [0.1, 0.15) is 35.2 Å². The smallest absolute Gasteiger partial charge is 0.251 e. The van der Waals surface area contributed by atoms with E-state index in [2.05, 4.69) is 20.9 Å². The summed E-state index contributed by atoms with van der Waals surface area (Å²) in [6.45, 7) is 7.91. The minimum atomic E-state index is -1.10. The number of pyridine rings is 1. The van der Waals surface area contributed by atoms with Crippen LogP contribution in [0.25, 0.3) is 0 Å². The first-order valence-electron chi connectivity index (χ1n) is 11.7. The van der Waals surface area contributed by atoms with E-state index in [4.69, 9.17) is 0 Å². The number of hydrogen-bond donors (Lipinski definition) is 3. The van der Waals surface area contributed by atoms with Gasteiger partial charge in [0, 0.05) is 12.6 Å². The van der Waals surface area contributed by atoms with E-state index < -0.39 is 47.3 Å². The molecule has 1 aromatic heterocycles. The van der Waals surface area contributed by atoms with E-state index in [1.165, 1.54) is 17.2 Å². The standard InChI is InChI=1S/C25H31F2N5O3/c1-5-18(28-6-2)23(33)30-20(14(3)4)25(35)32-19(13-15-9-8-12-29-22(15)32)24(34)31-21-16(26)10-7-11-17(21)27/h7-12,14,18-20,28H,5-6,13H2,1-4H3,(H,30,33)(H,31,34)/t18-,19-,20-/m0/s1. The van der Waals surface area contributed by atoms with Gasteiger partial charge in [-0.3, -0.25) is 19.3 Å². The zero-order chi connectivity index (χ0) is 25.7. The van der Waals surface area contributed by atoms with Gasteiger partial charge in [-0.25, -0.2) is 13.8 Å². The molecule has 1 aromatic carbocycles. The predicted molar refractivity (Wildman–Crippen MR) is 129 cm³/mol. The molecule has 2 aromatic rings. The Morgan fingerprint density at radius 3 is 2.40 bits per heavy atom. The van der Waals surface area contributed by atoms with Crippen LogP contribution in [0.15, 0.2) is 36.5 Å². The Bertz CT molecular complexity index is 1070. The van der Waals surface area contributed by atoms with Crippen molar-refractivity contribution in [3.63, 3.8) is 0 Å². The minimum Gasteiger partial charge on any atom is -0.343 e. The number of fused-ring (bicyclic) bond motifs is 1. The Morgan fingerprint density at radius 1 is 1.11 bits per heavy atom. The van der Waals surface area contributed by atoms with Crippen LogP contribution in [-0.2, 0) is 20.8 Å². The number of nitrogens with zero attached hydrogens (tertiary/aromatic N) is 2. The van der Waals surface area contributed by atoms with Crippen molar-refractivity contribution < 1.29 is 23.2 Å². The van der Waals surface area contributed by atoms with Crippen molar-refractivity contribution in [2.75, 3.05) is 16.8 Å². The molecule has 0 bridgehead atoms. The zero-order valence-corrected chi connectivity index (χ0v) is 20.3. The van der Waals surface area contributed by atoms with Crippen molar-refractivity contribution in [2.24, 2.45) is 5.92 Å². The third kappa shape index (κ3) is 5.64. The number of anilines is 2. The summed E-state index contributed by atoms with van der Waals surface area (Å²) in [5.41, 5.74) is 0.0573. The van der Waals surface area contributed by atoms with E-state index in [0.717, 1.165) is 12.1 Å². The van der Waals surface area contributed by atoms with E-state index in [0.29, 0.717) is 18.5 Å². The molecule has 0 saturated carbocycles. The first-order valence-corrected chi connectivity index (χ1v) is 11.7. The number of halogens is 2. The molecule has 3 rings (SSSR count). The number of aromatic nitrogens is 1. The second-order valence-electron chi connectivity index (χ2n) is 8.75. The van der Waals surface area contributed by atoms with Gasteiger partial charge < -0.3 is 16.0 Å². The van der Waals surface area contributed by atoms with E-state index in [1.54, 1.807) is 26.0 Å². The summed E-state index contributed by atoms with van der Waals surface area (Å²) in [6, 6.07) is 4.17. The summed E-state index contributed by atoms with van der Waals surface area (Å²) in [5, 5.41) is 8.18. The normalized spacial score (nSPS) is 16.5. The average Bonchev–Trinajstić information content (AvgIpc) is 3.22. The number of hydrogen-bond acceptors (Lipinski definition) is 5. The van der Waals surface area contributed by atoms with Crippen molar-refractivity contribution in [3.05, 3.63) is 53.7 Å². The molecule has 1 aliphatic heterocycles. The van der Waals surface area contributed by atoms with Gasteiger partial charge in [-0.1, -0.05) is 39.8 Å². The Morgan fingerprint density at radius 2 is 1.80 bits per heavy atom. The quantitative estimate of drug-likeness (QED) is 0.505. The van der Waals surface area contributed by atoms with E-state index in [-0.39, 0.29) is 24.1 Å². The lowest BCUT2D eigenvalue weighted by Crippen LogP contribution is -2.58. The fourth-order valence-corrected chi connectivity index (χ4v) is 4.13. The highest BCUT2D eigenvalue weighted by Gasteiger charge is 2.43. The van der Waals surface area contributed by atoms with Gasteiger partial charge in [0.15, 0.2) is 0 Å². The molecule has 3 N–H and O–H groups in total. The summed E-state index contributed by atoms with van der Waals surface area (Å²) in [5.74, 6) is -3.47. The van der Waals surface area contributed by atoms with Crippen LogP contribution in [0.3, 0.4) is 0 Å². The maximum Gasteiger partial charge on any atom is 0.251 e. The number of rotatable bonds is 9. The van der Waals surface area contributed by atoms with Crippen LogP contribution in [0.5, 0.6) is 0 Å². The van der Waals surface area contributed by atoms with E-state index in [1.807, 2.05) is 13.8 Å². The highest BCUT2D eigenvalue weighted by atomic mass is 19.1. The maximum atomic E-state index is 14.2. The van der Waals surface area contributed by atoms with Crippen molar-refractivity contribution in [3.8, 4) is 0 Å². The predicted octanol–water partition coefficient (Wildman–Crippen LogP) is 2.79. The lowest BCUT2D eigenvalue weighted by atomic mass is 10.0. The summed E-state index contributed by atoms with van der Waals surface area (Å²) in [7, 11) is 0. The third-order valence-corrected chi connectivity index (χ3v) is 5.98. The highest BCUT2D eigenvalue weighted by Crippen LogP contribution is 2.32. The number of para-hydroxylation sites is 1. The Labute approximate surface area is 203 Å². The zero-order valence-electron chi connectivity index (χ0n) is 20.3. The second kappa shape index (κ2) is 11.4. The number of benzene rings is 1. The third-order valence-electron chi connectivity index (χ3n) is 5.98. The Kier molecular flexibility index (Phi) is 8.50. The molecule has 0 spiro atoms. The number of nitrogens with one attached hydrogen (secondary N) is 3. The van der Waals surface area contributed by atoms with E-state index >= 15 is 0 Å². The van der Waals surface area contributed by atoms with Crippen molar-refractivity contribution in [1.82, 2.24) is 15.6 Å². The fraction of sp³-hybridized carbons (Fsp3) is 0.440. The summed E-state index contributed by atoms with van der Waals surface area (Å²) in [6.07, 6.45) is 2.15. The Hall–Kier alpha value is -3.40. The van der Waals surface area contributed by atoms with Gasteiger partial charge in [0.25, 0.3) is 5.91 Å². The van der Waals surface area contributed by atoms with E-state index in [9.17, 15) is 23.2 Å². The van der Waals surface area contributed by atoms with Crippen LogP contribution < -0.4 is 20.9 Å². The first-order chi connectivity index (χ1) is 16.7. The minimum absolute atomic E-state index is 0.116. The lowest BCUT2D eigenvalue weighted by Gasteiger charge is -2.31. The molecule has 0 radical (unpaired) electrons. The summed E-state index contributed by atoms with van der Waals surface area (Å²) in [4.78, 5) is 45.3. The van der Waals surface area contributed by atoms with Gasteiger partial charge in [-0.2, -0.15) is 0 Å². The number of amides is 3. The van der Waals surface area contributed by atoms with Gasteiger partial charge >= 0.3 is 0 Å². The molecular weight excluding hydrogens is 456 g/mol. The molecule has 0 fully saturated rings. The van der Waals surface area contributed by atoms with Crippen LogP contribution >= 0.6 is 0 Å². The van der Waals surface area contributed by atoms with Gasteiger partial charge in [-0.05, 0) is 42.6 Å². The number of carbonyl (C=O) groups excluding carboxylic acids is 3. The fourth-order valence-electron chi connectivity index (χ4n) is 4.13. The average molecular weight is 488 g/mol. The van der Waals surface area contributed by atoms with Crippen molar-refractivity contribution in [1.29, 1.82) is 0 Å². The maximum absolute atomic E-state index is 14.2. The largest absolute Gasteiger partial charge is 0.343 e. The molecule has 8 nitrogen and oxygen atoms in total. The van der Waals surface area contributed by atoms with Crippen LogP contribution in [0, 0.1) is 17.6 Å².